The van der Waals surface area contributed by atoms with E-state index in [1.807, 2.05) is 24.5 Å². The Hall–Kier alpha value is -3.64. The van der Waals surface area contributed by atoms with E-state index in [0.717, 1.165) is 53.2 Å². The molecule has 2 aromatic heterocycles. The van der Waals surface area contributed by atoms with E-state index >= 15 is 0 Å². The van der Waals surface area contributed by atoms with E-state index in [0.29, 0.717) is 12.6 Å². The number of hydrogen-bond donors (Lipinski definition) is 2. The summed E-state index contributed by atoms with van der Waals surface area (Å²) in [6, 6.07) is 21.3. The Morgan fingerprint density at radius 2 is 1.97 bits per heavy atom. The number of aromatic nitrogens is 2. The second-order valence-electron chi connectivity index (χ2n) is 8.13. The fourth-order valence-electron chi connectivity index (χ4n) is 4.81. The first-order valence-electron chi connectivity index (χ1n) is 10.7. The van der Waals surface area contributed by atoms with E-state index in [1.165, 1.54) is 5.69 Å². The Labute approximate surface area is 180 Å². The number of para-hydroxylation sites is 1. The molecule has 6 nitrogen and oxygen atoms in total. The van der Waals surface area contributed by atoms with Crippen LogP contribution in [0.2, 0.25) is 0 Å². The molecule has 1 atom stereocenters. The van der Waals surface area contributed by atoms with Crippen LogP contribution in [-0.2, 0) is 6.54 Å². The first-order chi connectivity index (χ1) is 15.3. The summed E-state index contributed by atoms with van der Waals surface area (Å²) in [6.07, 6.45) is 4.97. The molecule has 0 spiro atoms. The number of nitrogens with one attached hydrogen (secondary N) is 2. The van der Waals surface area contributed by atoms with Gasteiger partial charge in [0, 0.05) is 42.8 Å². The second-order valence-corrected chi connectivity index (χ2v) is 8.13. The molecule has 6 rings (SSSR count). The smallest absolute Gasteiger partial charge is 0.251 e. The van der Waals surface area contributed by atoms with Crippen molar-refractivity contribution >= 4 is 22.9 Å². The molecule has 6 heteroatoms. The van der Waals surface area contributed by atoms with E-state index in [4.69, 9.17) is 4.98 Å². The minimum atomic E-state index is 0.00773. The third-order valence-corrected chi connectivity index (χ3v) is 6.31. The monoisotopic (exact) mass is 409 g/mol. The lowest BCUT2D eigenvalue weighted by molar-refractivity contribution is 0.0966. The average molecular weight is 409 g/mol. The minimum absolute atomic E-state index is 0.00773. The number of fused-ring (bicyclic) bond motifs is 2. The summed E-state index contributed by atoms with van der Waals surface area (Å²) in [5.74, 6) is 0.00773. The van der Waals surface area contributed by atoms with Gasteiger partial charge >= 0.3 is 0 Å². The number of nitrogens with zero attached hydrogens (tertiary/aromatic N) is 3. The molecule has 1 fully saturated rings. The standard InChI is InChI=1S/C25H23N5O/c31-25-21-7-6-17(14-18(21)15-28-25)22-8-9-23(24-27-12-13-29(22)24)30(20-10-11-26-16-20)19-4-2-1-3-5-19/h1-9,12-14,20,26H,10-11,15-16H2,(H,28,31). The number of rotatable bonds is 4. The van der Waals surface area contributed by atoms with Crippen LogP contribution in [0.4, 0.5) is 11.4 Å². The molecule has 31 heavy (non-hydrogen) atoms. The second kappa shape index (κ2) is 7.25. The molecule has 2 N–H and O–H groups in total. The SMILES string of the molecule is O=C1NCc2cc(-c3ccc(N(c4ccccc4)C4CCNC4)c4nccn34)ccc21. The van der Waals surface area contributed by atoms with Gasteiger partial charge in [0.15, 0.2) is 5.65 Å². The van der Waals surface area contributed by atoms with Crippen LogP contribution in [0.3, 0.4) is 0 Å². The van der Waals surface area contributed by atoms with Crippen molar-refractivity contribution in [2.24, 2.45) is 0 Å². The molecule has 0 saturated carbocycles. The van der Waals surface area contributed by atoms with Crippen LogP contribution in [0.15, 0.2) is 73.1 Å². The van der Waals surface area contributed by atoms with Crippen LogP contribution >= 0.6 is 0 Å². The molecule has 0 aliphatic carbocycles. The molecule has 1 unspecified atom stereocenters. The van der Waals surface area contributed by atoms with Crippen molar-refractivity contribution in [3.05, 3.63) is 84.2 Å². The highest BCUT2D eigenvalue weighted by Crippen LogP contribution is 2.35. The fraction of sp³-hybridized carbons (Fsp3) is 0.200. The zero-order valence-electron chi connectivity index (χ0n) is 17.1. The minimum Gasteiger partial charge on any atom is -0.348 e. The fourth-order valence-corrected chi connectivity index (χ4v) is 4.81. The van der Waals surface area contributed by atoms with Crippen molar-refractivity contribution in [3.63, 3.8) is 0 Å². The van der Waals surface area contributed by atoms with Gasteiger partial charge < -0.3 is 15.5 Å². The van der Waals surface area contributed by atoms with Crippen LogP contribution in [0.1, 0.15) is 22.3 Å². The van der Waals surface area contributed by atoms with Gasteiger partial charge in [0.25, 0.3) is 5.91 Å². The van der Waals surface area contributed by atoms with Gasteiger partial charge in [0.2, 0.25) is 0 Å². The van der Waals surface area contributed by atoms with Crippen molar-refractivity contribution < 1.29 is 4.79 Å². The number of carbonyl (C=O) groups excluding carboxylic acids is 1. The average Bonchev–Trinajstić information content (AvgIpc) is 3.57. The summed E-state index contributed by atoms with van der Waals surface area (Å²) < 4.78 is 2.15. The Balaban J connectivity index is 1.49. The van der Waals surface area contributed by atoms with Crippen molar-refractivity contribution in [1.82, 2.24) is 20.0 Å². The predicted octanol–water partition coefficient (Wildman–Crippen LogP) is 3.74. The van der Waals surface area contributed by atoms with Gasteiger partial charge in [-0.3, -0.25) is 9.20 Å². The van der Waals surface area contributed by atoms with Gasteiger partial charge in [-0.1, -0.05) is 24.3 Å². The number of carbonyl (C=O) groups is 1. The maximum atomic E-state index is 11.9. The molecule has 0 radical (unpaired) electrons. The summed E-state index contributed by atoms with van der Waals surface area (Å²) in [5.41, 5.74) is 7.18. The van der Waals surface area contributed by atoms with Gasteiger partial charge in [0.1, 0.15) is 0 Å². The van der Waals surface area contributed by atoms with E-state index in [9.17, 15) is 4.79 Å². The zero-order chi connectivity index (χ0) is 20.8. The Morgan fingerprint density at radius 3 is 2.81 bits per heavy atom. The van der Waals surface area contributed by atoms with Gasteiger partial charge in [-0.25, -0.2) is 4.98 Å². The lowest BCUT2D eigenvalue weighted by Crippen LogP contribution is -2.33. The molecular formula is C25H23N5O. The molecule has 1 amide bonds. The molecule has 2 aromatic carbocycles. The number of pyridine rings is 1. The normalized spacial score (nSPS) is 17.7. The van der Waals surface area contributed by atoms with Crippen LogP contribution in [0, 0.1) is 0 Å². The molecule has 154 valence electrons. The van der Waals surface area contributed by atoms with Crippen molar-refractivity contribution in [2.45, 2.75) is 19.0 Å². The Kier molecular flexibility index (Phi) is 4.25. The van der Waals surface area contributed by atoms with Gasteiger partial charge in [-0.15, -0.1) is 0 Å². The summed E-state index contributed by atoms with van der Waals surface area (Å²) in [7, 11) is 0. The van der Waals surface area contributed by atoms with Crippen LogP contribution in [0.25, 0.3) is 16.9 Å². The van der Waals surface area contributed by atoms with Crippen LogP contribution in [0.5, 0.6) is 0 Å². The van der Waals surface area contributed by atoms with Gasteiger partial charge in [-0.05, 0) is 60.5 Å². The molecule has 1 saturated heterocycles. The quantitative estimate of drug-likeness (QED) is 0.539. The third kappa shape index (κ3) is 2.99. The summed E-state index contributed by atoms with van der Waals surface area (Å²) >= 11 is 0. The number of benzene rings is 2. The van der Waals surface area contributed by atoms with Crippen molar-refractivity contribution in [1.29, 1.82) is 0 Å². The lowest BCUT2D eigenvalue weighted by Gasteiger charge is -2.31. The van der Waals surface area contributed by atoms with E-state index in [-0.39, 0.29) is 5.91 Å². The molecule has 2 aliphatic heterocycles. The zero-order valence-corrected chi connectivity index (χ0v) is 17.1. The maximum absolute atomic E-state index is 11.9. The predicted molar refractivity (Wildman–Crippen MR) is 122 cm³/mol. The van der Waals surface area contributed by atoms with E-state index in [1.54, 1.807) is 0 Å². The number of amides is 1. The highest BCUT2D eigenvalue weighted by Gasteiger charge is 2.27. The van der Waals surface area contributed by atoms with Crippen LogP contribution in [-0.4, -0.2) is 34.4 Å². The first kappa shape index (κ1) is 18.2. The summed E-state index contributed by atoms with van der Waals surface area (Å²) in [6.45, 7) is 2.57. The number of anilines is 2. The third-order valence-electron chi connectivity index (χ3n) is 6.31. The largest absolute Gasteiger partial charge is 0.348 e. The first-order valence-corrected chi connectivity index (χ1v) is 10.7. The van der Waals surface area contributed by atoms with Gasteiger partial charge in [0.05, 0.1) is 11.4 Å². The molecule has 4 aromatic rings. The van der Waals surface area contributed by atoms with Gasteiger partial charge in [-0.2, -0.15) is 0 Å². The topological polar surface area (TPSA) is 61.7 Å². The van der Waals surface area contributed by atoms with Crippen molar-refractivity contribution in [3.8, 4) is 11.3 Å². The molecular weight excluding hydrogens is 386 g/mol. The number of imidazole rings is 1. The summed E-state index contributed by atoms with van der Waals surface area (Å²) in [4.78, 5) is 19.1. The number of hydrogen-bond acceptors (Lipinski definition) is 4. The van der Waals surface area contributed by atoms with E-state index in [2.05, 4.69) is 68.5 Å². The van der Waals surface area contributed by atoms with Crippen molar-refractivity contribution in [2.75, 3.05) is 18.0 Å². The maximum Gasteiger partial charge on any atom is 0.251 e. The summed E-state index contributed by atoms with van der Waals surface area (Å²) in [5, 5.41) is 6.40. The lowest BCUT2D eigenvalue weighted by atomic mass is 10.0. The highest BCUT2D eigenvalue weighted by atomic mass is 16.1. The van der Waals surface area contributed by atoms with E-state index < -0.39 is 0 Å². The molecule has 2 aliphatic rings. The Morgan fingerprint density at radius 1 is 1.06 bits per heavy atom. The molecule has 0 bridgehead atoms. The van der Waals surface area contributed by atoms with Crippen LogP contribution < -0.4 is 15.5 Å². The Bertz CT molecular complexity index is 1270. The highest BCUT2D eigenvalue weighted by molar-refractivity contribution is 5.99. The molecule has 4 heterocycles.